The summed E-state index contributed by atoms with van der Waals surface area (Å²) in [6.07, 6.45) is 0. The van der Waals surface area contributed by atoms with E-state index in [-0.39, 0.29) is 24.5 Å². The van der Waals surface area contributed by atoms with Crippen molar-refractivity contribution in [2.24, 2.45) is 0 Å². The quantitative estimate of drug-likeness (QED) is 0.124. The lowest BCUT2D eigenvalue weighted by atomic mass is 9.87. The van der Waals surface area contributed by atoms with Gasteiger partial charge in [-0.3, -0.25) is 14.2 Å². The standard InChI is InChI=1S/C30H33N2O4SSi/c1-6-35-28(34)27(21(2)33)37-29-31-25-19-22(30(3,4)5)17-18-26(25)32(29)20-36-38(23-13-9-7-10-14-23)24-15-11-8-12-16-24/h7-19,27H,6,20H2,1-5H3. The van der Waals surface area contributed by atoms with Crippen molar-refractivity contribution >= 4 is 54.0 Å². The highest BCUT2D eigenvalue weighted by Gasteiger charge is 2.30. The van der Waals surface area contributed by atoms with Crippen molar-refractivity contribution < 1.29 is 18.8 Å². The van der Waals surface area contributed by atoms with Gasteiger partial charge in [0.2, 0.25) is 0 Å². The summed E-state index contributed by atoms with van der Waals surface area (Å²) < 4.78 is 13.8. The van der Waals surface area contributed by atoms with E-state index >= 15 is 0 Å². The van der Waals surface area contributed by atoms with E-state index in [0.29, 0.717) is 5.16 Å². The fourth-order valence-electron chi connectivity index (χ4n) is 4.05. The lowest BCUT2D eigenvalue weighted by Crippen LogP contribution is -2.45. The third kappa shape index (κ3) is 6.43. The molecule has 0 N–H and O–H groups in total. The average molecular weight is 546 g/mol. The zero-order chi connectivity index (χ0) is 27.3. The molecule has 38 heavy (non-hydrogen) atoms. The smallest absolute Gasteiger partial charge is 0.327 e. The zero-order valence-electron chi connectivity index (χ0n) is 22.4. The molecule has 0 spiro atoms. The van der Waals surface area contributed by atoms with Gasteiger partial charge in [-0.2, -0.15) is 0 Å². The van der Waals surface area contributed by atoms with Gasteiger partial charge in [-0.1, -0.05) is 99.3 Å². The molecule has 0 fully saturated rings. The number of ether oxygens (including phenoxy) is 1. The van der Waals surface area contributed by atoms with E-state index in [0.717, 1.165) is 38.7 Å². The Hall–Kier alpha value is -3.20. The number of carbonyl (C=O) groups is 2. The normalized spacial score (nSPS) is 12.6. The number of benzene rings is 3. The Morgan fingerprint density at radius 2 is 1.58 bits per heavy atom. The molecule has 0 saturated heterocycles. The lowest BCUT2D eigenvalue weighted by Gasteiger charge is -2.20. The number of nitrogens with zero attached hydrogens (tertiary/aromatic N) is 2. The molecular weight excluding hydrogens is 512 g/mol. The fourth-order valence-corrected chi connectivity index (χ4v) is 6.94. The Balaban J connectivity index is 1.75. The van der Waals surface area contributed by atoms with Gasteiger partial charge in [0.25, 0.3) is 9.04 Å². The van der Waals surface area contributed by atoms with Gasteiger partial charge in [-0.25, -0.2) is 4.98 Å². The SMILES string of the molecule is CCOC(=O)C(Sc1nc2cc(C(C)(C)C)ccc2n1CO[Si](c1ccccc1)c1ccccc1)C(C)=O. The number of hydrogen-bond donors (Lipinski definition) is 0. The third-order valence-electron chi connectivity index (χ3n) is 6.08. The van der Waals surface area contributed by atoms with Crippen molar-refractivity contribution in [2.45, 2.75) is 57.2 Å². The van der Waals surface area contributed by atoms with E-state index in [1.165, 1.54) is 6.92 Å². The van der Waals surface area contributed by atoms with E-state index in [1.807, 2.05) is 47.0 Å². The molecule has 8 heteroatoms. The summed E-state index contributed by atoms with van der Waals surface area (Å²) in [6.45, 7) is 10.0. The fraction of sp³-hybridized carbons (Fsp3) is 0.300. The molecule has 3 aromatic carbocycles. The van der Waals surface area contributed by atoms with E-state index < -0.39 is 20.3 Å². The number of esters is 1. The van der Waals surface area contributed by atoms with Gasteiger partial charge >= 0.3 is 5.97 Å². The maximum absolute atomic E-state index is 12.6. The molecule has 4 rings (SSSR count). The molecule has 0 saturated carbocycles. The van der Waals surface area contributed by atoms with Crippen molar-refractivity contribution in [1.82, 2.24) is 9.55 Å². The van der Waals surface area contributed by atoms with Crippen LogP contribution in [0.5, 0.6) is 0 Å². The Bertz CT molecular complexity index is 1360. The van der Waals surface area contributed by atoms with E-state index in [1.54, 1.807) is 6.92 Å². The van der Waals surface area contributed by atoms with Gasteiger partial charge in [0.1, 0.15) is 6.73 Å². The van der Waals surface area contributed by atoms with E-state index in [2.05, 4.69) is 57.2 Å². The highest BCUT2D eigenvalue weighted by molar-refractivity contribution is 8.01. The first-order valence-corrected chi connectivity index (χ1v) is 14.9. The molecule has 4 aromatic rings. The second kappa shape index (κ2) is 12.1. The summed E-state index contributed by atoms with van der Waals surface area (Å²) in [6, 6.07) is 26.6. The van der Waals surface area contributed by atoms with E-state index in [4.69, 9.17) is 14.1 Å². The van der Waals surface area contributed by atoms with Crippen LogP contribution < -0.4 is 10.4 Å². The monoisotopic (exact) mass is 545 g/mol. The Kier molecular flexibility index (Phi) is 8.86. The number of thioether (sulfide) groups is 1. The van der Waals surface area contributed by atoms with Crippen LogP contribution in [0.3, 0.4) is 0 Å². The maximum Gasteiger partial charge on any atom is 0.327 e. The molecule has 0 aliphatic heterocycles. The number of carbonyl (C=O) groups excluding carboxylic acids is 2. The van der Waals surface area contributed by atoms with Crippen molar-refractivity contribution in [1.29, 1.82) is 0 Å². The number of hydrogen-bond acceptors (Lipinski definition) is 6. The minimum absolute atomic E-state index is 0.0502. The molecule has 197 valence electrons. The summed E-state index contributed by atoms with van der Waals surface area (Å²) in [7, 11) is -1.58. The molecule has 1 radical (unpaired) electrons. The highest BCUT2D eigenvalue weighted by atomic mass is 32.2. The van der Waals surface area contributed by atoms with E-state index in [9.17, 15) is 9.59 Å². The summed E-state index contributed by atoms with van der Waals surface area (Å²) in [5, 5.41) is 1.80. The van der Waals surface area contributed by atoms with Crippen LogP contribution in [0.2, 0.25) is 0 Å². The molecule has 0 bridgehead atoms. The average Bonchev–Trinajstić information content (AvgIpc) is 3.24. The van der Waals surface area contributed by atoms with Crippen LogP contribution in [0.4, 0.5) is 0 Å². The highest BCUT2D eigenvalue weighted by Crippen LogP contribution is 2.31. The van der Waals surface area contributed by atoms with Gasteiger partial charge < -0.3 is 9.16 Å². The summed E-state index contributed by atoms with van der Waals surface area (Å²) >= 11 is 1.11. The van der Waals surface area contributed by atoms with Crippen LogP contribution >= 0.6 is 11.8 Å². The number of ketones is 1. The van der Waals surface area contributed by atoms with Gasteiger partial charge in [-0.05, 0) is 47.3 Å². The van der Waals surface area contributed by atoms with Crippen molar-refractivity contribution in [3.8, 4) is 0 Å². The predicted molar refractivity (Wildman–Crippen MR) is 154 cm³/mol. The largest absolute Gasteiger partial charge is 0.465 e. The summed E-state index contributed by atoms with van der Waals surface area (Å²) in [5.74, 6) is -0.833. The minimum Gasteiger partial charge on any atom is -0.465 e. The second-order valence-corrected chi connectivity index (χ2v) is 13.1. The molecule has 0 aliphatic rings. The van der Waals surface area contributed by atoms with Crippen molar-refractivity contribution in [2.75, 3.05) is 6.61 Å². The Morgan fingerprint density at radius 1 is 0.974 bits per heavy atom. The first kappa shape index (κ1) is 27.8. The topological polar surface area (TPSA) is 70.4 Å². The van der Waals surface area contributed by atoms with Crippen LogP contribution in [-0.2, 0) is 30.9 Å². The predicted octanol–water partition coefficient (Wildman–Crippen LogP) is 4.73. The first-order valence-electron chi connectivity index (χ1n) is 12.6. The number of Topliss-reactive ketones (excluding diaryl/α,β-unsaturated/α-hetero) is 1. The van der Waals surface area contributed by atoms with Crippen LogP contribution in [0.15, 0.2) is 84.0 Å². The number of fused-ring (bicyclic) bond motifs is 1. The molecule has 1 unspecified atom stereocenters. The minimum atomic E-state index is -1.58. The summed E-state index contributed by atoms with van der Waals surface area (Å²) in [4.78, 5) is 29.9. The molecule has 0 amide bonds. The Morgan fingerprint density at radius 3 is 2.11 bits per heavy atom. The van der Waals surface area contributed by atoms with Crippen LogP contribution in [-0.4, -0.2) is 42.2 Å². The van der Waals surface area contributed by atoms with Gasteiger partial charge in [0, 0.05) is 0 Å². The number of imidazole rings is 1. The molecule has 6 nitrogen and oxygen atoms in total. The lowest BCUT2D eigenvalue weighted by molar-refractivity contribution is -0.144. The maximum atomic E-state index is 12.6. The summed E-state index contributed by atoms with van der Waals surface area (Å²) in [5.41, 5.74) is 2.78. The number of rotatable bonds is 10. The number of aromatic nitrogens is 2. The molecule has 0 aliphatic carbocycles. The zero-order valence-corrected chi connectivity index (χ0v) is 24.2. The molecular formula is C30H33N2O4SSi. The molecule has 1 atom stereocenters. The van der Waals surface area contributed by atoms with Crippen LogP contribution in [0.1, 0.15) is 40.2 Å². The van der Waals surface area contributed by atoms with Crippen molar-refractivity contribution in [3.05, 3.63) is 84.4 Å². The van der Waals surface area contributed by atoms with Crippen molar-refractivity contribution in [3.63, 3.8) is 0 Å². The van der Waals surface area contributed by atoms with Gasteiger partial charge in [0.15, 0.2) is 16.2 Å². The third-order valence-corrected chi connectivity index (χ3v) is 9.50. The Labute approximate surface area is 230 Å². The molecule has 1 heterocycles. The van der Waals surface area contributed by atoms with Crippen LogP contribution in [0, 0.1) is 0 Å². The first-order chi connectivity index (χ1) is 18.2. The molecule has 1 aromatic heterocycles. The van der Waals surface area contributed by atoms with Gasteiger partial charge in [0.05, 0.1) is 17.6 Å². The van der Waals surface area contributed by atoms with Gasteiger partial charge in [-0.15, -0.1) is 0 Å². The van der Waals surface area contributed by atoms with Crippen LogP contribution in [0.25, 0.3) is 11.0 Å². The second-order valence-electron chi connectivity index (χ2n) is 9.97.